The van der Waals surface area contributed by atoms with E-state index >= 15 is 0 Å². The van der Waals surface area contributed by atoms with Crippen LogP contribution in [0.5, 0.6) is 5.75 Å². The third-order valence-corrected chi connectivity index (χ3v) is 3.31. The summed E-state index contributed by atoms with van der Waals surface area (Å²) >= 11 is 0. The van der Waals surface area contributed by atoms with Crippen molar-refractivity contribution in [1.82, 2.24) is 9.88 Å². The molecular weight excluding hydrogens is 268 g/mol. The van der Waals surface area contributed by atoms with E-state index < -0.39 is 5.60 Å². The van der Waals surface area contributed by atoms with Crippen molar-refractivity contribution in [2.24, 2.45) is 5.92 Å². The zero-order chi connectivity index (χ0) is 15.3. The summed E-state index contributed by atoms with van der Waals surface area (Å²) in [5.74, 6) is 1.17. The molecule has 1 aliphatic rings. The topological polar surface area (TPSA) is 51.7 Å². The molecule has 0 aromatic carbocycles. The predicted octanol–water partition coefficient (Wildman–Crippen LogP) is 3.11. The summed E-state index contributed by atoms with van der Waals surface area (Å²) in [5.41, 5.74) is -0.447. The Labute approximate surface area is 126 Å². The van der Waals surface area contributed by atoms with Crippen molar-refractivity contribution >= 4 is 6.09 Å². The van der Waals surface area contributed by atoms with Crippen molar-refractivity contribution in [1.29, 1.82) is 0 Å². The van der Waals surface area contributed by atoms with E-state index in [0.29, 0.717) is 19.1 Å². The van der Waals surface area contributed by atoms with Crippen LogP contribution in [0.3, 0.4) is 0 Å². The van der Waals surface area contributed by atoms with Gasteiger partial charge in [0.1, 0.15) is 11.4 Å². The van der Waals surface area contributed by atoms with E-state index in [-0.39, 0.29) is 6.09 Å². The third kappa shape index (κ3) is 5.25. The van der Waals surface area contributed by atoms with E-state index in [1.165, 1.54) is 0 Å². The minimum absolute atomic E-state index is 0.226. The third-order valence-electron chi connectivity index (χ3n) is 3.31. The van der Waals surface area contributed by atoms with Gasteiger partial charge < -0.3 is 14.4 Å². The molecule has 1 aliphatic heterocycles. The Hall–Kier alpha value is -1.78. The molecule has 0 aliphatic carbocycles. The number of nitrogens with zero attached hydrogens (tertiary/aromatic N) is 2. The van der Waals surface area contributed by atoms with Crippen molar-refractivity contribution in [3.8, 4) is 5.75 Å². The largest absolute Gasteiger partial charge is 0.493 e. The molecule has 0 saturated carbocycles. The molecular formula is C16H24N2O3. The van der Waals surface area contributed by atoms with Crippen LogP contribution in [-0.4, -0.2) is 41.3 Å². The van der Waals surface area contributed by atoms with E-state index in [4.69, 9.17) is 9.47 Å². The first kappa shape index (κ1) is 15.6. The van der Waals surface area contributed by atoms with Gasteiger partial charge in [-0.1, -0.05) is 0 Å². The number of ether oxygens (including phenoxy) is 2. The van der Waals surface area contributed by atoms with E-state index in [1.807, 2.05) is 32.9 Å². The number of carbonyl (C=O) groups is 1. The maximum atomic E-state index is 12.1. The number of likely N-dealkylation sites (tertiary alicyclic amines) is 1. The first-order valence-electron chi connectivity index (χ1n) is 7.45. The Morgan fingerprint density at radius 1 is 1.38 bits per heavy atom. The van der Waals surface area contributed by atoms with Crippen LogP contribution in [0.25, 0.3) is 0 Å². The highest BCUT2D eigenvalue weighted by Gasteiger charge is 2.27. The summed E-state index contributed by atoms with van der Waals surface area (Å²) in [7, 11) is 0. The zero-order valence-electron chi connectivity index (χ0n) is 13.0. The van der Waals surface area contributed by atoms with Gasteiger partial charge in [0.15, 0.2) is 0 Å². The van der Waals surface area contributed by atoms with Gasteiger partial charge in [0.2, 0.25) is 0 Å². The van der Waals surface area contributed by atoms with Crippen molar-refractivity contribution in [2.75, 3.05) is 19.7 Å². The average Bonchev–Trinajstić information content (AvgIpc) is 2.45. The van der Waals surface area contributed by atoms with Crippen LogP contribution in [0.15, 0.2) is 24.5 Å². The summed E-state index contributed by atoms with van der Waals surface area (Å²) in [6.07, 6.45) is 5.26. The predicted molar refractivity (Wildman–Crippen MR) is 80.3 cm³/mol. The standard InChI is InChI=1S/C16H24N2O3/c1-16(2,3)21-15(19)18-10-4-5-13(11-18)12-20-14-6-8-17-9-7-14/h6-9,13H,4-5,10-12H2,1-3H3/t13-/m0/s1. The Balaban J connectivity index is 1.82. The highest BCUT2D eigenvalue weighted by Crippen LogP contribution is 2.20. The first-order chi connectivity index (χ1) is 9.94. The number of hydrogen-bond donors (Lipinski definition) is 0. The van der Waals surface area contributed by atoms with Crippen LogP contribution >= 0.6 is 0 Å². The number of carbonyl (C=O) groups excluding carboxylic acids is 1. The normalized spacial score (nSPS) is 19.2. The lowest BCUT2D eigenvalue weighted by Crippen LogP contribution is -2.44. The van der Waals surface area contributed by atoms with Gasteiger partial charge in [-0.15, -0.1) is 0 Å². The summed E-state index contributed by atoms with van der Waals surface area (Å²) in [6, 6.07) is 3.68. The molecule has 0 N–H and O–H groups in total. The fourth-order valence-electron chi connectivity index (χ4n) is 2.34. The second-order valence-electron chi connectivity index (χ2n) is 6.43. The number of aromatic nitrogens is 1. The van der Waals surface area contributed by atoms with Gasteiger partial charge in [-0.2, -0.15) is 0 Å². The molecule has 1 fully saturated rings. The minimum atomic E-state index is -0.447. The summed E-state index contributed by atoms with van der Waals surface area (Å²) in [5, 5.41) is 0. The van der Waals surface area contributed by atoms with Gasteiger partial charge in [-0.25, -0.2) is 4.79 Å². The lowest BCUT2D eigenvalue weighted by molar-refractivity contribution is 0.0139. The lowest BCUT2D eigenvalue weighted by Gasteiger charge is -2.34. The van der Waals surface area contributed by atoms with Crippen LogP contribution in [-0.2, 0) is 4.74 Å². The van der Waals surface area contributed by atoms with Gasteiger partial charge in [0, 0.05) is 31.4 Å². The number of amides is 1. The van der Waals surface area contributed by atoms with Gasteiger partial charge in [-0.05, 0) is 45.7 Å². The molecule has 5 nitrogen and oxygen atoms in total. The van der Waals surface area contributed by atoms with E-state index in [9.17, 15) is 4.79 Å². The molecule has 5 heteroatoms. The van der Waals surface area contributed by atoms with Crippen LogP contribution in [0, 0.1) is 5.92 Å². The molecule has 0 bridgehead atoms. The molecule has 21 heavy (non-hydrogen) atoms. The Morgan fingerprint density at radius 3 is 2.76 bits per heavy atom. The molecule has 116 valence electrons. The van der Waals surface area contributed by atoms with Crippen molar-refractivity contribution < 1.29 is 14.3 Å². The molecule has 0 radical (unpaired) electrons. The fourth-order valence-corrected chi connectivity index (χ4v) is 2.34. The molecule has 1 amide bonds. The molecule has 1 atom stereocenters. The van der Waals surface area contributed by atoms with Crippen molar-refractivity contribution in [3.63, 3.8) is 0 Å². The molecule has 1 aromatic heterocycles. The van der Waals surface area contributed by atoms with Crippen LogP contribution in [0.4, 0.5) is 4.79 Å². The molecule has 1 aromatic rings. The highest BCUT2D eigenvalue weighted by molar-refractivity contribution is 5.68. The van der Waals surface area contributed by atoms with Gasteiger partial charge in [-0.3, -0.25) is 4.98 Å². The van der Waals surface area contributed by atoms with Crippen LogP contribution < -0.4 is 4.74 Å². The summed E-state index contributed by atoms with van der Waals surface area (Å²) in [4.78, 5) is 17.8. The Morgan fingerprint density at radius 2 is 2.10 bits per heavy atom. The number of piperidine rings is 1. The van der Waals surface area contributed by atoms with E-state index in [2.05, 4.69) is 4.98 Å². The van der Waals surface area contributed by atoms with Crippen LogP contribution in [0.2, 0.25) is 0 Å². The fraction of sp³-hybridized carbons (Fsp3) is 0.625. The van der Waals surface area contributed by atoms with Crippen molar-refractivity contribution in [2.45, 2.75) is 39.2 Å². The monoisotopic (exact) mass is 292 g/mol. The van der Waals surface area contributed by atoms with Crippen molar-refractivity contribution in [3.05, 3.63) is 24.5 Å². The molecule has 1 saturated heterocycles. The van der Waals surface area contributed by atoms with Gasteiger partial charge in [0.25, 0.3) is 0 Å². The Kier molecular flexibility index (Phi) is 5.04. The maximum Gasteiger partial charge on any atom is 0.410 e. The zero-order valence-corrected chi connectivity index (χ0v) is 13.0. The molecule has 0 spiro atoms. The molecule has 2 rings (SSSR count). The average molecular weight is 292 g/mol. The SMILES string of the molecule is CC(C)(C)OC(=O)N1CCC[C@H](COc2ccncc2)C1. The molecule has 0 unspecified atom stereocenters. The first-order valence-corrected chi connectivity index (χ1v) is 7.45. The molecule has 2 heterocycles. The smallest absolute Gasteiger partial charge is 0.410 e. The quantitative estimate of drug-likeness (QED) is 0.859. The number of pyridine rings is 1. The van der Waals surface area contributed by atoms with E-state index in [0.717, 1.165) is 25.1 Å². The van der Waals surface area contributed by atoms with E-state index in [1.54, 1.807) is 17.3 Å². The highest BCUT2D eigenvalue weighted by atomic mass is 16.6. The maximum absolute atomic E-state index is 12.1. The van der Waals surface area contributed by atoms with Gasteiger partial charge in [0.05, 0.1) is 6.61 Å². The second kappa shape index (κ2) is 6.78. The Bertz CT molecular complexity index is 456. The second-order valence-corrected chi connectivity index (χ2v) is 6.43. The number of rotatable bonds is 3. The van der Waals surface area contributed by atoms with Gasteiger partial charge >= 0.3 is 6.09 Å². The minimum Gasteiger partial charge on any atom is -0.493 e. The number of hydrogen-bond acceptors (Lipinski definition) is 4. The van der Waals surface area contributed by atoms with Crippen LogP contribution in [0.1, 0.15) is 33.6 Å². The summed E-state index contributed by atoms with van der Waals surface area (Å²) < 4.78 is 11.2. The lowest BCUT2D eigenvalue weighted by atomic mass is 9.99. The summed E-state index contributed by atoms with van der Waals surface area (Å²) in [6.45, 7) is 7.74.